The summed E-state index contributed by atoms with van der Waals surface area (Å²) in [6.07, 6.45) is 3.60. The molecule has 1 atom stereocenters. The van der Waals surface area contributed by atoms with E-state index in [4.69, 9.17) is 9.47 Å². The molecule has 1 aromatic heterocycles. The highest BCUT2D eigenvalue weighted by atomic mass is 16.5. The number of aryl methyl sites for hydroxylation is 1. The number of rotatable bonds is 7. The standard InChI is InChI=1S/C24H27N3O3/c1-18-14-23(26-27(18)21-10-3-2-4-11-21)24(28)25-20-9-7-8-19(15-20)16-29-17-22-12-5-6-13-30-22/h2-4,7-11,14-15,22H,5-6,12-13,16-17H2,1H3,(H,25,28). The second-order valence-corrected chi connectivity index (χ2v) is 7.58. The second-order valence-electron chi connectivity index (χ2n) is 7.58. The Labute approximate surface area is 176 Å². The molecule has 0 spiro atoms. The Kier molecular flexibility index (Phi) is 6.57. The summed E-state index contributed by atoms with van der Waals surface area (Å²) >= 11 is 0. The average molecular weight is 405 g/mol. The van der Waals surface area contributed by atoms with Gasteiger partial charge in [0.25, 0.3) is 5.91 Å². The molecule has 0 aliphatic carbocycles. The van der Waals surface area contributed by atoms with E-state index in [0.717, 1.165) is 42.1 Å². The summed E-state index contributed by atoms with van der Waals surface area (Å²) in [6.45, 7) is 3.86. The first-order chi connectivity index (χ1) is 14.7. The van der Waals surface area contributed by atoms with Crippen molar-refractivity contribution in [1.82, 2.24) is 9.78 Å². The van der Waals surface area contributed by atoms with Gasteiger partial charge in [0.15, 0.2) is 5.69 Å². The van der Waals surface area contributed by atoms with Gasteiger partial charge in [-0.1, -0.05) is 30.3 Å². The summed E-state index contributed by atoms with van der Waals surface area (Å²) in [7, 11) is 0. The van der Waals surface area contributed by atoms with Crippen LogP contribution < -0.4 is 5.32 Å². The van der Waals surface area contributed by atoms with Crippen LogP contribution in [-0.4, -0.2) is 35.0 Å². The number of hydrogen-bond donors (Lipinski definition) is 1. The van der Waals surface area contributed by atoms with E-state index in [0.29, 0.717) is 18.9 Å². The predicted octanol–water partition coefficient (Wildman–Crippen LogP) is 4.52. The van der Waals surface area contributed by atoms with Crippen LogP contribution in [0, 0.1) is 6.92 Å². The molecular weight excluding hydrogens is 378 g/mol. The molecule has 6 heteroatoms. The lowest BCUT2D eigenvalue weighted by atomic mass is 10.1. The first kappa shape index (κ1) is 20.3. The van der Waals surface area contributed by atoms with Crippen molar-refractivity contribution in [3.63, 3.8) is 0 Å². The lowest BCUT2D eigenvalue weighted by Crippen LogP contribution is -2.24. The fourth-order valence-electron chi connectivity index (χ4n) is 3.60. The van der Waals surface area contributed by atoms with Crippen molar-refractivity contribution >= 4 is 11.6 Å². The number of nitrogens with zero attached hydrogens (tertiary/aromatic N) is 2. The number of benzene rings is 2. The molecule has 1 unspecified atom stereocenters. The predicted molar refractivity (Wildman–Crippen MR) is 116 cm³/mol. The smallest absolute Gasteiger partial charge is 0.276 e. The highest BCUT2D eigenvalue weighted by molar-refractivity contribution is 6.03. The van der Waals surface area contributed by atoms with Gasteiger partial charge in [-0.3, -0.25) is 4.79 Å². The van der Waals surface area contributed by atoms with Crippen LogP contribution >= 0.6 is 0 Å². The zero-order valence-electron chi connectivity index (χ0n) is 17.2. The molecule has 0 radical (unpaired) electrons. The molecule has 4 rings (SSSR count). The number of anilines is 1. The first-order valence-corrected chi connectivity index (χ1v) is 10.4. The Balaban J connectivity index is 1.36. The fourth-order valence-corrected chi connectivity index (χ4v) is 3.60. The molecule has 0 bridgehead atoms. The summed E-state index contributed by atoms with van der Waals surface area (Å²) in [6, 6.07) is 19.3. The molecule has 2 heterocycles. The molecule has 0 saturated carbocycles. The molecule has 6 nitrogen and oxygen atoms in total. The molecule has 30 heavy (non-hydrogen) atoms. The molecule has 3 aromatic rings. The number of nitrogens with one attached hydrogen (secondary N) is 1. The van der Waals surface area contributed by atoms with Crippen LogP contribution in [0.25, 0.3) is 5.69 Å². The number of para-hydroxylation sites is 1. The van der Waals surface area contributed by atoms with Gasteiger partial charge in [0.05, 0.1) is 25.0 Å². The van der Waals surface area contributed by atoms with Crippen molar-refractivity contribution in [3.05, 3.63) is 77.6 Å². The third-order valence-electron chi connectivity index (χ3n) is 5.15. The lowest BCUT2D eigenvalue weighted by molar-refractivity contribution is -0.0447. The van der Waals surface area contributed by atoms with Crippen LogP contribution in [0.4, 0.5) is 5.69 Å². The minimum absolute atomic E-state index is 0.199. The van der Waals surface area contributed by atoms with E-state index in [9.17, 15) is 4.79 Å². The summed E-state index contributed by atoms with van der Waals surface area (Å²) in [5.74, 6) is -0.235. The van der Waals surface area contributed by atoms with Gasteiger partial charge in [-0.15, -0.1) is 0 Å². The number of carbonyl (C=O) groups is 1. The highest BCUT2D eigenvalue weighted by Crippen LogP contribution is 2.17. The molecule has 2 aromatic carbocycles. The van der Waals surface area contributed by atoms with Crippen molar-refractivity contribution in [2.75, 3.05) is 18.5 Å². The van der Waals surface area contributed by atoms with Crippen molar-refractivity contribution < 1.29 is 14.3 Å². The number of amides is 1. The van der Waals surface area contributed by atoms with Gasteiger partial charge in [0, 0.05) is 18.0 Å². The Bertz CT molecular complexity index is 978. The Morgan fingerprint density at radius 1 is 1.17 bits per heavy atom. The van der Waals surface area contributed by atoms with Gasteiger partial charge < -0.3 is 14.8 Å². The highest BCUT2D eigenvalue weighted by Gasteiger charge is 2.15. The summed E-state index contributed by atoms with van der Waals surface area (Å²) in [4.78, 5) is 12.7. The van der Waals surface area contributed by atoms with E-state index < -0.39 is 0 Å². The molecule has 1 aliphatic heterocycles. The molecule has 1 aliphatic rings. The van der Waals surface area contributed by atoms with Gasteiger partial charge in [-0.25, -0.2) is 4.68 Å². The number of carbonyl (C=O) groups excluding carboxylic acids is 1. The maximum Gasteiger partial charge on any atom is 0.276 e. The van der Waals surface area contributed by atoms with Crippen LogP contribution in [0.2, 0.25) is 0 Å². The Morgan fingerprint density at radius 3 is 2.83 bits per heavy atom. The minimum Gasteiger partial charge on any atom is -0.376 e. The summed E-state index contributed by atoms with van der Waals surface area (Å²) < 4.78 is 13.3. The quantitative estimate of drug-likeness (QED) is 0.628. The van der Waals surface area contributed by atoms with Crippen molar-refractivity contribution in [2.24, 2.45) is 0 Å². The molecule has 1 saturated heterocycles. The number of ether oxygens (including phenoxy) is 2. The maximum atomic E-state index is 12.7. The first-order valence-electron chi connectivity index (χ1n) is 10.4. The van der Waals surface area contributed by atoms with Gasteiger partial charge in [0.1, 0.15) is 0 Å². The summed E-state index contributed by atoms with van der Waals surface area (Å²) in [5.41, 5.74) is 3.94. The number of aromatic nitrogens is 2. The lowest BCUT2D eigenvalue weighted by Gasteiger charge is -2.22. The SMILES string of the molecule is Cc1cc(C(=O)Nc2cccc(COCC3CCCCO3)c2)nn1-c1ccccc1. The summed E-state index contributed by atoms with van der Waals surface area (Å²) in [5, 5.41) is 7.40. The fraction of sp³-hybridized carbons (Fsp3) is 0.333. The topological polar surface area (TPSA) is 65.4 Å². The van der Waals surface area contributed by atoms with Gasteiger partial charge >= 0.3 is 0 Å². The van der Waals surface area contributed by atoms with E-state index in [2.05, 4.69) is 10.4 Å². The van der Waals surface area contributed by atoms with Crippen molar-refractivity contribution in [3.8, 4) is 5.69 Å². The average Bonchev–Trinajstić information content (AvgIpc) is 3.17. The Morgan fingerprint density at radius 2 is 2.03 bits per heavy atom. The zero-order chi connectivity index (χ0) is 20.8. The van der Waals surface area contributed by atoms with Crippen LogP contribution in [-0.2, 0) is 16.1 Å². The van der Waals surface area contributed by atoms with Crippen molar-refractivity contribution in [2.45, 2.75) is 38.9 Å². The van der Waals surface area contributed by atoms with Gasteiger partial charge in [0.2, 0.25) is 0 Å². The molecule has 156 valence electrons. The molecule has 1 fully saturated rings. The zero-order valence-corrected chi connectivity index (χ0v) is 17.2. The second kappa shape index (κ2) is 9.69. The third-order valence-corrected chi connectivity index (χ3v) is 5.15. The molecule has 1 amide bonds. The van der Waals surface area contributed by atoms with Crippen molar-refractivity contribution in [1.29, 1.82) is 0 Å². The van der Waals surface area contributed by atoms with E-state index >= 15 is 0 Å². The minimum atomic E-state index is -0.235. The van der Waals surface area contributed by atoms with E-state index in [-0.39, 0.29) is 12.0 Å². The van der Waals surface area contributed by atoms with Crippen LogP contribution in [0.15, 0.2) is 60.7 Å². The monoisotopic (exact) mass is 405 g/mol. The normalized spacial score (nSPS) is 16.4. The Hall–Kier alpha value is -2.96. The van der Waals surface area contributed by atoms with Gasteiger partial charge in [-0.2, -0.15) is 5.10 Å². The van der Waals surface area contributed by atoms with Crippen LogP contribution in [0.1, 0.15) is 41.0 Å². The molecule has 1 N–H and O–H groups in total. The van der Waals surface area contributed by atoms with Gasteiger partial charge in [-0.05, 0) is 62.1 Å². The van der Waals surface area contributed by atoms with Crippen LogP contribution in [0.5, 0.6) is 0 Å². The molecular formula is C24H27N3O3. The van der Waals surface area contributed by atoms with E-state index in [1.807, 2.05) is 61.5 Å². The largest absolute Gasteiger partial charge is 0.376 e. The van der Waals surface area contributed by atoms with Crippen LogP contribution in [0.3, 0.4) is 0 Å². The number of hydrogen-bond acceptors (Lipinski definition) is 4. The van der Waals surface area contributed by atoms with E-state index in [1.54, 1.807) is 10.7 Å². The van der Waals surface area contributed by atoms with E-state index in [1.165, 1.54) is 6.42 Å². The maximum absolute atomic E-state index is 12.7. The third kappa shape index (κ3) is 5.14.